The molecule has 0 unspecified atom stereocenters. The summed E-state index contributed by atoms with van der Waals surface area (Å²) in [4.78, 5) is 27.8. The van der Waals surface area contributed by atoms with Crippen LogP contribution in [-0.2, 0) is 0 Å². The molecule has 6 nitrogen and oxygen atoms in total. The summed E-state index contributed by atoms with van der Waals surface area (Å²) in [6, 6.07) is 11.8. The average molecular weight is 396 g/mol. The number of nitrogens with one attached hydrogen (secondary N) is 1. The second-order valence-electron chi connectivity index (χ2n) is 7.38. The molecule has 1 aromatic carbocycles. The zero-order valence-electron chi connectivity index (χ0n) is 16.3. The van der Waals surface area contributed by atoms with Gasteiger partial charge in [0.1, 0.15) is 17.0 Å². The van der Waals surface area contributed by atoms with Gasteiger partial charge in [0.05, 0.1) is 5.39 Å². The molecule has 7 heteroatoms. The molecule has 28 heavy (non-hydrogen) atoms. The number of aromatic nitrogens is 2. The summed E-state index contributed by atoms with van der Waals surface area (Å²) in [7, 11) is 2.10. The number of carbonyl (C=O) groups is 1. The predicted octanol–water partition coefficient (Wildman–Crippen LogP) is 4.38. The molecule has 0 atom stereocenters. The lowest BCUT2D eigenvalue weighted by Gasteiger charge is -2.34. The zero-order chi connectivity index (χ0) is 19.5. The van der Waals surface area contributed by atoms with Crippen molar-refractivity contribution in [2.24, 2.45) is 5.92 Å². The fourth-order valence-corrected chi connectivity index (χ4v) is 4.63. The van der Waals surface area contributed by atoms with Crippen LogP contribution < -0.4 is 10.2 Å². The maximum atomic E-state index is 12.5. The summed E-state index contributed by atoms with van der Waals surface area (Å²) in [5.74, 6) is 1.55. The topological polar surface area (TPSA) is 61.4 Å². The van der Waals surface area contributed by atoms with Crippen LogP contribution in [0.2, 0.25) is 0 Å². The highest BCUT2D eigenvalue weighted by Gasteiger charge is 2.24. The van der Waals surface area contributed by atoms with Gasteiger partial charge < -0.3 is 15.1 Å². The lowest BCUT2D eigenvalue weighted by atomic mass is 9.96. The van der Waals surface area contributed by atoms with Crippen molar-refractivity contribution >= 4 is 39.1 Å². The van der Waals surface area contributed by atoms with Crippen molar-refractivity contribution in [3.8, 4) is 0 Å². The van der Waals surface area contributed by atoms with E-state index in [0.717, 1.165) is 54.2 Å². The molecule has 0 bridgehead atoms. The van der Waals surface area contributed by atoms with Crippen LogP contribution in [0.4, 0.5) is 16.3 Å². The highest BCUT2D eigenvalue weighted by atomic mass is 32.1. The molecule has 3 aromatic rings. The van der Waals surface area contributed by atoms with Gasteiger partial charge in [0.25, 0.3) is 0 Å². The van der Waals surface area contributed by atoms with E-state index in [-0.39, 0.29) is 6.03 Å². The summed E-state index contributed by atoms with van der Waals surface area (Å²) >= 11 is 1.71. The van der Waals surface area contributed by atoms with Gasteiger partial charge in [0.2, 0.25) is 0 Å². The van der Waals surface area contributed by atoms with E-state index in [0.29, 0.717) is 5.92 Å². The van der Waals surface area contributed by atoms with Gasteiger partial charge in [-0.05, 0) is 43.9 Å². The number of amides is 2. The van der Waals surface area contributed by atoms with Crippen molar-refractivity contribution in [2.75, 3.05) is 36.9 Å². The first-order chi connectivity index (χ1) is 13.6. The van der Waals surface area contributed by atoms with Crippen molar-refractivity contribution in [2.45, 2.75) is 19.8 Å². The Bertz CT molecular complexity index is 950. The summed E-state index contributed by atoms with van der Waals surface area (Å²) in [5.41, 5.74) is 0.841. The first kappa shape index (κ1) is 18.7. The molecule has 0 saturated carbocycles. The number of hydrogen-bond donors (Lipinski definition) is 1. The van der Waals surface area contributed by atoms with E-state index >= 15 is 0 Å². The number of nitrogens with zero attached hydrogens (tertiary/aromatic N) is 4. The monoisotopic (exact) mass is 395 g/mol. The number of aryl methyl sites for hydroxylation is 1. The van der Waals surface area contributed by atoms with Crippen LogP contribution >= 0.6 is 11.3 Å². The minimum absolute atomic E-state index is 0.00994. The third-order valence-electron chi connectivity index (χ3n) is 5.25. The number of carbonyl (C=O) groups excluding carboxylic acids is 1. The van der Waals surface area contributed by atoms with E-state index in [1.807, 2.05) is 35.2 Å². The van der Waals surface area contributed by atoms with Gasteiger partial charge in [0, 0.05) is 37.2 Å². The minimum Gasteiger partial charge on any atom is -0.359 e. The van der Waals surface area contributed by atoms with Gasteiger partial charge in [-0.25, -0.2) is 14.8 Å². The standard InChI is InChI=1S/C21H25N5OS/c1-15-12-18-19(22-14-23-20(18)28-15)25(2)13-16-8-10-26(11-9-16)21(27)24-17-6-4-3-5-7-17/h3-7,12,14,16H,8-11,13H2,1-2H3,(H,24,27). The summed E-state index contributed by atoms with van der Waals surface area (Å²) in [6.07, 6.45) is 3.66. The molecule has 0 radical (unpaired) electrons. The second-order valence-corrected chi connectivity index (χ2v) is 8.62. The first-order valence-electron chi connectivity index (χ1n) is 9.63. The summed E-state index contributed by atoms with van der Waals surface area (Å²) in [6.45, 7) is 4.61. The van der Waals surface area contributed by atoms with Crippen molar-refractivity contribution in [1.82, 2.24) is 14.9 Å². The summed E-state index contributed by atoms with van der Waals surface area (Å²) in [5, 5.41) is 4.11. The molecule has 2 amide bonds. The number of para-hydroxylation sites is 1. The fourth-order valence-electron chi connectivity index (χ4n) is 3.78. The van der Waals surface area contributed by atoms with Crippen LogP contribution in [0, 0.1) is 12.8 Å². The van der Waals surface area contributed by atoms with E-state index in [1.165, 1.54) is 4.88 Å². The Kier molecular flexibility index (Phi) is 5.43. The number of urea groups is 1. The van der Waals surface area contributed by atoms with Crippen molar-refractivity contribution < 1.29 is 4.79 Å². The third kappa shape index (κ3) is 4.09. The van der Waals surface area contributed by atoms with Crippen molar-refractivity contribution in [3.63, 3.8) is 0 Å². The smallest absolute Gasteiger partial charge is 0.321 e. The van der Waals surface area contributed by atoms with Gasteiger partial charge in [-0.3, -0.25) is 0 Å². The Morgan fingerprint density at radius 2 is 2.00 bits per heavy atom. The number of piperidine rings is 1. The number of fused-ring (bicyclic) bond motifs is 1. The Labute approximate surface area is 169 Å². The molecule has 4 rings (SSSR count). The molecule has 1 fully saturated rings. The lowest BCUT2D eigenvalue weighted by Crippen LogP contribution is -2.43. The molecular weight excluding hydrogens is 370 g/mol. The number of hydrogen-bond acceptors (Lipinski definition) is 5. The molecule has 0 spiro atoms. The van der Waals surface area contributed by atoms with Gasteiger partial charge in [-0.15, -0.1) is 11.3 Å². The van der Waals surface area contributed by atoms with E-state index in [1.54, 1.807) is 17.7 Å². The Morgan fingerprint density at radius 3 is 2.75 bits per heavy atom. The van der Waals surface area contributed by atoms with Crippen LogP contribution in [-0.4, -0.2) is 47.6 Å². The van der Waals surface area contributed by atoms with Crippen LogP contribution in [0.1, 0.15) is 17.7 Å². The molecule has 1 saturated heterocycles. The average Bonchev–Trinajstić information content (AvgIpc) is 3.09. The highest BCUT2D eigenvalue weighted by molar-refractivity contribution is 7.18. The van der Waals surface area contributed by atoms with Gasteiger partial charge in [-0.1, -0.05) is 18.2 Å². The molecule has 146 valence electrons. The number of rotatable bonds is 4. The first-order valence-corrected chi connectivity index (χ1v) is 10.4. The number of anilines is 2. The summed E-state index contributed by atoms with van der Waals surface area (Å²) < 4.78 is 0. The molecule has 1 N–H and O–H groups in total. The largest absolute Gasteiger partial charge is 0.359 e. The van der Waals surface area contributed by atoms with Gasteiger partial charge in [0.15, 0.2) is 0 Å². The molecule has 2 aromatic heterocycles. The molecule has 1 aliphatic heterocycles. The van der Waals surface area contributed by atoms with Gasteiger partial charge in [-0.2, -0.15) is 0 Å². The zero-order valence-corrected chi connectivity index (χ0v) is 17.1. The maximum Gasteiger partial charge on any atom is 0.321 e. The Hall–Kier alpha value is -2.67. The third-order valence-corrected chi connectivity index (χ3v) is 6.21. The van der Waals surface area contributed by atoms with Gasteiger partial charge >= 0.3 is 6.03 Å². The highest BCUT2D eigenvalue weighted by Crippen LogP contribution is 2.30. The van der Waals surface area contributed by atoms with E-state index in [2.05, 4.69) is 40.2 Å². The number of thiophene rings is 1. The number of benzene rings is 1. The normalized spacial score (nSPS) is 15.0. The molecule has 0 aliphatic carbocycles. The van der Waals surface area contributed by atoms with Crippen molar-refractivity contribution in [1.29, 1.82) is 0 Å². The Morgan fingerprint density at radius 1 is 1.25 bits per heavy atom. The van der Waals surface area contributed by atoms with E-state index < -0.39 is 0 Å². The van der Waals surface area contributed by atoms with Crippen molar-refractivity contribution in [3.05, 3.63) is 47.6 Å². The van der Waals surface area contributed by atoms with E-state index in [4.69, 9.17) is 0 Å². The Balaban J connectivity index is 1.33. The minimum atomic E-state index is -0.00994. The van der Waals surface area contributed by atoms with E-state index in [9.17, 15) is 4.79 Å². The molecule has 1 aliphatic rings. The maximum absolute atomic E-state index is 12.5. The van der Waals surface area contributed by atoms with Crippen LogP contribution in [0.3, 0.4) is 0 Å². The lowest BCUT2D eigenvalue weighted by molar-refractivity contribution is 0.184. The van der Waals surface area contributed by atoms with Crippen LogP contribution in [0.25, 0.3) is 10.2 Å². The van der Waals surface area contributed by atoms with Crippen LogP contribution in [0.15, 0.2) is 42.7 Å². The second kappa shape index (κ2) is 8.14. The number of likely N-dealkylation sites (tertiary alicyclic amines) is 1. The van der Waals surface area contributed by atoms with Crippen LogP contribution in [0.5, 0.6) is 0 Å². The molecule has 3 heterocycles. The SMILES string of the molecule is Cc1cc2c(N(C)CC3CCN(C(=O)Nc4ccccc4)CC3)ncnc2s1. The fraction of sp³-hybridized carbons (Fsp3) is 0.381. The quantitative estimate of drug-likeness (QED) is 0.712. The predicted molar refractivity (Wildman–Crippen MR) is 115 cm³/mol. The molecular formula is C21H25N5OS.